The zero-order valence-corrected chi connectivity index (χ0v) is 11.3. The zero-order chi connectivity index (χ0) is 11.5. The molecule has 1 aliphatic carbocycles. The van der Waals surface area contributed by atoms with Crippen molar-refractivity contribution in [2.75, 3.05) is 6.54 Å². The number of rotatable bonds is 7. The van der Waals surface area contributed by atoms with Crippen molar-refractivity contribution in [2.45, 2.75) is 66.3 Å². The van der Waals surface area contributed by atoms with Gasteiger partial charge in [-0.05, 0) is 36.6 Å². The minimum Gasteiger partial charge on any atom is -0.314 e. The fraction of sp³-hybridized carbons (Fsp3) is 1.00. The van der Waals surface area contributed by atoms with Crippen molar-refractivity contribution in [1.29, 1.82) is 0 Å². The Balaban J connectivity index is 2.38. The summed E-state index contributed by atoms with van der Waals surface area (Å²) in [6, 6.07) is 0.770. The van der Waals surface area contributed by atoms with E-state index in [1.165, 1.54) is 25.7 Å². The summed E-state index contributed by atoms with van der Waals surface area (Å²) in [5.41, 5.74) is 0.610. The maximum absolute atomic E-state index is 3.69. The summed E-state index contributed by atoms with van der Waals surface area (Å²) in [6.07, 6.45) is 5.50. The van der Waals surface area contributed by atoms with E-state index in [2.05, 4.69) is 39.9 Å². The lowest BCUT2D eigenvalue weighted by molar-refractivity contribution is 0.332. The molecule has 1 nitrogen and oxygen atoms in total. The van der Waals surface area contributed by atoms with Crippen LogP contribution < -0.4 is 5.32 Å². The van der Waals surface area contributed by atoms with Gasteiger partial charge in [-0.3, -0.25) is 0 Å². The first kappa shape index (κ1) is 13.0. The van der Waals surface area contributed by atoms with E-state index >= 15 is 0 Å². The lowest BCUT2D eigenvalue weighted by atomic mass is 9.92. The van der Waals surface area contributed by atoms with Gasteiger partial charge in [0.2, 0.25) is 0 Å². The van der Waals surface area contributed by atoms with Gasteiger partial charge in [-0.1, -0.05) is 47.5 Å². The van der Waals surface area contributed by atoms with Gasteiger partial charge in [0.15, 0.2) is 0 Å². The van der Waals surface area contributed by atoms with Crippen molar-refractivity contribution in [3.8, 4) is 0 Å². The van der Waals surface area contributed by atoms with Crippen molar-refractivity contribution in [3.05, 3.63) is 0 Å². The molecule has 0 aromatic rings. The molecule has 3 atom stereocenters. The predicted molar refractivity (Wildman–Crippen MR) is 68.0 cm³/mol. The van der Waals surface area contributed by atoms with Crippen LogP contribution in [0.2, 0.25) is 0 Å². The van der Waals surface area contributed by atoms with Crippen LogP contribution in [0.4, 0.5) is 0 Å². The van der Waals surface area contributed by atoms with E-state index in [1.807, 2.05) is 0 Å². The van der Waals surface area contributed by atoms with Crippen LogP contribution in [0, 0.1) is 17.3 Å². The summed E-state index contributed by atoms with van der Waals surface area (Å²) >= 11 is 0. The Hall–Kier alpha value is -0.0400. The monoisotopic (exact) mass is 211 g/mol. The zero-order valence-electron chi connectivity index (χ0n) is 11.3. The number of nitrogens with one attached hydrogen (secondary N) is 1. The third-order valence-corrected chi connectivity index (χ3v) is 3.98. The van der Waals surface area contributed by atoms with E-state index in [0.29, 0.717) is 5.41 Å². The molecule has 1 rings (SSSR count). The topological polar surface area (TPSA) is 12.0 Å². The molecule has 0 aliphatic heterocycles. The summed E-state index contributed by atoms with van der Waals surface area (Å²) in [5.74, 6) is 1.81. The number of hydrogen-bond donors (Lipinski definition) is 1. The third kappa shape index (κ3) is 3.79. The van der Waals surface area contributed by atoms with Crippen molar-refractivity contribution >= 4 is 0 Å². The molecule has 0 spiro atoms. The van der Waals surface area contributed by atoms with Gasteiger partial charge in [-0.25, -0.2) is 0 Å². The van der Waals surface area contributed by atoms with E-state index in [4.69, 9.17) is 0 Å². The highest BCUT2D eigenvalue weighted by molar-refractivity contribution is 5.01. The summed E-state index contributed by atoms with van der Waals surface area (Å²) in [7, 11) is 0. The Morgan fingerprint density at radius 2 is 1.93 bits per heavy atom. The molecule has 1 fully saturated rings. The van der Waals surface area contributed by atoms with Crippen LogP contribution >= 0.6 is 0 Å². The van der Waals surface area contributed by atoms with Gasteiger partial charge in [-0.15, -0.1) is 0 Å². The van der Waals surface area contributed by atoms with Gasteiger partial charge in [0.25, 0.3) is 0 Å². The predicted octanol–water partition coefficient (Wildman–Crippen LogP) is 3.84. The minimum absolute atomic E-state index is 0.610. The second kappa shape index (κ2) is 5.34. The molecule has 0 bridgehead atoms. The van der Waals surface area contributed by atoms with Crippen molar-refractivity contribution in [1.82, 2.24) is 5.32 Å². The standard InChI is InChI=1S/C14H29N/c1-6-8-11(3)9-13(15-7-2)12-10-14(12,4)5/h11-13,15H,6-10H2,1-5H3. The summed E-state index contributed by atoms with van der Waals surface area (Å²) in [5, 5.41) is 3.69. The molecule has 0 amide bonds. The average Bonchev–Trinajstić information content (AvgIpc) is 2.75. The molecule has 1 aliphatic rings. The largest absolute Gasteiger partial charge is 0.314 e. The van der Waals surface area contributed by atoms with E-state index in [-0.39, 0.29) is 0 Å². The van der Waals surface area contributed by atoms with Crippen molar-refractivity contribution in [2.24, 2.45) is 17.3 Å². The number of hydrogen-bond acceptors (Lipinski definition) is 1. The molecule has 0 aromatic carbocycles. The van der Waals surface area contributed by atoms with Crippen LogP contribution in [0.1, 0.15) is 60.3 Å². The molecule has 1 saturated carbocycles. The second-order valence-corrected chi connectivity index (χ2v) is 6.09. The lowest BCUT2D eigenvalue weighted by Gasteiger charge is -2.23. The molecule has 0 saturated heterocycles. The first-order valence-corrected chi connectivity index (χ1v) is 6.74. The van der Waals surface area contributed by atoms with Gasteiger partial charge in [0.05, 0.1) is 0 Å². The molecule has 1 heteroatoms. The van der Waals surface area contributed by atoms with Gasteiger partial charge >= 0.3 is 0 Å². The summed E-state index contributed by atoms with van der Waals surface area (Å²) in [4.78, 5) is 0. The average molecular weight is 211 g/mol. The summed E-state index contributed by atoms with van der Waals surface area (Å²) in [6.45, 7) is 12.9. The van der Waals surface area contributed by atoms with Crippen molar-refractivity contribution in [3.63, 3.8) is 0 Å². The normalized spacial score (nSPS) is 27.4. The van der Waals surface area contributed by atoms with E-state index in [0.717, 1.165) is 24.4 Å². The molecule has 3 unspecified atom stereocenters. The van der Waals surface area contributed by atoms with Crippen LogP contribution in [-0.2, 0) is 0 Å². The van der Waals surface area contributed by atoms with Crippen LogP contribution in [0.3, 0.4) is 0 Å². The molecule has 15 heavy (non-hydrogen) atoms. The molecule has 1 N–H and O–H groups in total. The SMILES string of the molecule is CCCC(C)CC(NCC)C1CC1(C)C. The van der Waals surface area contributed by atoms with Crippen molar-refractivity contribution < 1.29 is 0 Å². The van der Waals surface area contributed by atoms with Gasteiger partial charge in [0.1, 0.15) is 0 Å². The smallest absolute Gasteiger partial charge is 0.0103 e. The Morgan fingerprint density at radius 3 is 2.33 bits per heavy atom. The molecule has 90 valence electrons. The maximum Gasteiger partial charge on any atom is 0.0103 e. The quantitative estimate of drug-likeness (QED) is 0.674. The summed E-state index contributed by atoms with van der Waals surface area (Å²) < 4.78 is 0. The van der Waals surface area contributed by atoms with Crippen LogP contribution in [-0.4, -0.2) is 12.6 Å². The van der Waals surface area contributed by atoms with Crippen LogP contribution in [0.25, 0.3) is 0 Å². The third-order valence-electron chi connectivity index (χ3n) is 3.98. The van der Waals surface area contributed by atoms with Gasteiger partial charge in [0, 0.05) is 6.04 Å². The highest BCUT2D eigenvalue weighted by Gasteiger charge is 2.49. The highest BCUT2D eigenvalue weighted by atomic mass is 14.9. The van der Waals surface area contributed by atoms with E-state index in [1.54, 1.807) is 0 Å². The molecule has 0 heterocycles. The van der Waals surface area contributed by atoms with E-state index in [9.17, 15) is 0 Å². The fourth-order valence-corrected chi connectivity index (χ4v) is 2.89. The lowest BCUT2D eigenvalue weighted by Crippen LogP contribution is -2.34. The Morgan fingerprint density at radius 1 is 1.33 bits per heavy atom. The highest BCUT2D eigenvalue weighted by Crippen LogP contribution is 2.54. The van der Waals surface area contributed by atoms with Crippen LogP contribution in [0.5, 0.6) is 0 Å². The molecular formula is C14H29N. The van der Waals surface area contributed by atoms with E-state index < -0.39 is 0 Å². The van der Waals surface area contributed by atoms with Crippen LogP contribution in [0.15, 0.2) is 0 Å². The maximum atomic E-state index is 3.69. The molecule has 0 radical (unpaired) electrons. The fourth-order valence-electron chi connectivity index (χ4n) is 2.89. The first-order valence-electron chi connectivity index (χ1n) is 6.74. The molecular weight excluding hydrogens is 182 g/mol. The molecule has 0 aromatic heterocycles. The first-order chi connectivity index (χ1) is 7.01. The van der Waals surface area contributed by atoms with Gasteiger partial charge in [-0.2, -0.15) is 0 Å². The minimum atomic E-state index is 0.610. The Bertz CT molecular complexity index is 186. The Kier molecular flexibility index (Phi) is 4.64. The Labute approximate surface area is 96.0 Å². The second-order valence-electron chi connectivity index (χ2n) is 6.09. The van der Waals surface area contributed by atoms with Gasteiger partial charge < -0.3 is 5.32 Å².